The zero-order valence-electron chi connectivity index (χ0n) is 16.1. The summed E-state index contributed by atoms with van der Waals surface area (Å²) in [5, 5.41) is 1.19. The highest BCUT2D eigenvalue weighted by Crippen LogP contribution is 2.40. The number of benzene rings is 3. The summed E-state index contributed by atoms with van der Waals surface area (Å²) in [5.41, 5.74) is 2.02. The predicted octanol–water partition coefficient (Wildman–Crippen LogP) is 5.98. The predicted molar refractivity (Wildman–Crippen MR) is 122 cm³/mol. The molecule has 152 valence electrons. The number of aromatic amines is 1. The van der Waals surface area contributed by atoms with Gasteiger partial charge >= 0.3 is 0 Å². The van der Waals surface area contributed by atoms with Crippen molar-refractivity contribution >= 4 is 38.4 Å². The van der Waals surface area contributed by atoms with Crippen molar-refractivity contribution in [2.45, 2.75) is 13.5 Å². The fourth-order valence-electron chi connectivity index (χ4n) is 3.10. The molecule has 30 heavy (non-hydrogen) atoms. The molecule has 0 saturated carbocycles. The first-order valence-electron chi connectivity index (χ1n) is 9.38. The Morgan fingerprint density at radius 2 is 1.83 bits per heavy atom. The summed E-state index contributed by atoms with van der Waals surface area (Å²) in [5.74, 6) is 1.56. The average Bonchev–Trinajstić information content (AvgIpc) is 2.74. The molecule has 0 unspecified atom stereocenters. The van der Waals surface area contributed by atoms with Crippen molar-refractivity contribution in [2.24, 2.45) is 0 Å². The summed E-state index contributed by atoms with van der Waals surface area (Å²) < 4.78 is 12.5. The largest absolute Gasteiger partial charge is 0.490 e. The van der Waals surface area contributed by atoms with E-state index in [2.05, 4.69) is 25.9 Å². The maximum Gasteiger partial charge on any atom is 0.259 e. The van der Waals surface area contributed by atoms with E-state index in [1.165, 1.54) is 0 Å². The van der Waals surface area contributed by atoms with Gasteiger partial charge in [-0.2, -0.15) is 0 Å². The minimum atomic E-state index is -0.191. The first-order chi connectivity index (χ1) is 14.6. The minimum absolute atomic E-state index is 0.191. The molecular weight excluding hydrogens is 468 g/mol. The molecule has 0 amide bonds. The maximum atomic E-state index is 12.5. The van der Waals surface area contributed by atoms with Crippen molar-refractivity contribution < 1.29 is 9.47 Å². The van der Waals surface area contributed by atoms with E-state index in [0.717, 1.165) is 5.56 Å². The van der Waals surface area contributed by atoms with Crippen molar-refractivity contribution in [2.75, 3.05) is 6.61 Å². The molecular formula is C23H18BrClN2O3. The Morgan fingerprint density at radius 1 is 1.07 bits per heavy atom. The first-order valence-corrected chi connectivity index (χ1v) is 10.6. The van der Waals surface area contributed by atoms with E-state index in [1.54, 1.807) is 6.07 Å². The van der Waals surface area contributed by atoms with Gasteiger partial charge in [0.05, 0.1) is 22.0 Å². The molecule has 7 heteroatoms. The Labute approximate surface area is 186 Å². The number of fused-ring (bicyclic) bond motifs is 1. The lowest BCUT2D eigenvalue weighted by atomic mass is 10.1. The van der Waals surface area contributed by atoms with Gasteiger partial charge in [-0.15, -0.1) is 0 Å². The van der Waals surface area contributed by atoms with Gasteiger partial charge in [0.2, 0.25) is 0 Å². The number of aromatic nitrogens is 2. The normalized spacial score (nSPS) is 10.9. The molecule has 0 aliphatic heterocycles. The fraction of sp³-hybridized carbons (Fsp3) is 0.130. The second kappa shape index (κ2) is 8.90. The summed E-state index contributed by atoms with van der Waals surface area (Å²) >= 11 is 9.80. The zero-order chi connectivity index (χ0) is 21.1. The van der Waals surface area contributed by atoms with Gasteiger partial charge in [-0.25, -0.2) is 4.98 Å². The van der Waals surface area contributed by atoms with Crippen molar-refractivity contribution in [3.8, 4) is 22.9 Å². The van der Waals surface area contributed by atoms with Crippen molar-refractivity contribution in [3.63, 3.8) is 0 Å². The number of H-pyrrole nitrogens is 1. The van der Waals surface area contributed by atoms with Crippen LogP contribution in [0.3, 0.4) is 0 Å². The van der Waals surface area contributed by atoms with E-state index in [-0.39, 0.29) is 5.56 Å². The molecule has 5 nitrogen and oxygen atoms in total. The minimum Gasteiger partial charge on any atom is -0.490 e. The molecule has 0 bridgehead atoms. The standard InChI is InChI=1S/C23H18BrClN2O3/c1-2-29-20-12-15(22-26-19-10-6-4-8-16(19)23(28)27-22)11-17(24)21(20)30-13-14-7-3-5-9-18(14)25/h3-12H,2,13H2,1H3,(H,26,27,28). The van der Waals surface area contributed by atoms with E-state index in [4.69, 9.17) is 21.1 Å². The number of para-hydroxylation sites is 1. The molecule has 4 aromatic rings. The van der Waals surface area contributed by atoms with E-state index in [0.29, 0.717) is 56.5 Å². The van der Waals surface area contributed by atoms with Gasteiger partial charge in [-0.3, -0.25) is 4.79 Å². The highest BCUT2D eigenvalue weighted by Gasteiger charge is 2.16. The second-order valence-corrected chi connectivity index (χ2v) is 7.79. The molecule has 3 aromatic carbocycles. The molecule has 0 fully saturated rings. The van der Waals surface area contributed by atoms with E-state index < -0.39 is 0 Å². The van der Waals surface area contributed by atoms with Gasteiger partial charge in [0, 0.05) is 16.1 Å². The Hall–Kier alpha value is -2.83. The van der Waals surface area contributed by atoms with Crippen LogP contribution in [-0.2, 0) is 6.61 Å². The maximum absolute atomic E-state index is 12.5. The van der Waals surface area contributed by atoms with E-state index in [9.17, 15) is 4.79 Å². The summed E-state index contributed by atoms with van der Waals surface area (Å²) in [4.78, 5) is 19.9. The van der Waals surface area contributed by atoms with Crippen LogP contribution in [0.15, 0.2) is 69.9 Å². The summed E-state index contributed by atoms with van der Waals surface area (Å²) in [6.45, 7) is 2.65. The highest BCUT2D eigenvalue weighted by atomic mass is 79.9. The molecule has 0 aliphatic carbocycles. The Balaban J connectivity index is 1.73. The van der Waals surface area contributed by atoms with E-state index in [1.807, 2.05) is 61.5 Å². The highest BCUT2D eigenvalue weighted by molar-refractivity contribution is 9.10. The lowest BCUT2D eigenvalue weighted by molar-refractivity contribution is 0.268. The third-order valence-corrected chi connectivity index (χ3v) is 5.48. The molecule has 0 radical (unpaired) electrons. The van der Waals surface area contributed by atoms with Crippen molar-refractivity contribution in [1.29, 1.82) is 0 Å². The van der Waals surface area contributed by atoms with Crippen LogP contribution in [0.2, 0.25) is 5.02 Å². The Bertz CT molecular complexity index is 1270. The SMILES string of the molecule is CCOc1cc(-c2nc3ccccc3c(=O)[nH]2)cc(Br)c1OCc1ccccc1Cl. The van der Waals surface area contributed by atoms with Gasteiger partial charge in [-0.1, -0.05) is 41.9 Å². The van der Waals surface area contributed by atoms with Crippen LogP contribution in [0.1, 0.15) is 12.5 Å². The van der Waals surface area contributed by atoms with Crippen LogP contribution >= 0.6 is 27.5 Å². The molecule has 0 aliphatic rings. The molecule has 1 heterocycles. The second-order valence-electron chi connectivity index (χ2n) is 6.53. The lowest BCUT2D eigenvalue weighted by Gasteiger charge is -2.16. The fourth-order valence-corrected chi connectivity index (χ4v) is 3.84. The number of halogens is 2. The monoisotopic (exact) mass is 484 g/mol. The molecule has 0 saturated heterocycles. The van der Waals surface area contributed by atoms with Crippen LogP contribution in [0, 0.1) is 0 Å². The smallest absolute Gasteiger partial charge is 0.259 e. The summed E-state index contributed by atoms with van der Waals surface area (Å²) in [7, 11) is 0. The number of hydrogen-bond acceptors (Lipinski definition) is 4. The quantitative estimate of drug-likeness (QED) is 0.365. The number of nitrogens with one attached hydrogen (secondary N) is 1. The first kappa shape index (κ1) is 20.4. The molecule has 0 spiro atoms. The molecule has 0 atom stereocenters. The van der Waals surface area contributed by atoms with Crippen LogP contribution in [-0.4, -0.2) is 16.6 Å². The third kappa shape index (κ3) is 4.20. The van der Waals surface area contributed by atoms with Crippen LogP contribution < -0.4 is 15.0 Å². The Kier molecular flexibility index (Phi) is 6.06. The zero-order valence-corrected chi connectivity index (χ0v) is 18.5. The molecule has 4 rings (SSSR count). The van der Waals surface area contributed by atoms with Gasteiger partial charge in [0.25, 0.3) is 5.56 Å². The van der Waals surface area contributed by atoms with Crippen molar-refractivity contribution in [3.05, 3.63) is 86.1 Å². The van der Waals surface area contributed by atoms with Gasteiger partial charge in [0.1, 0.15) is 12.4 Å². The summed E-state index contributed by atoms with van der Waals surface area (Å²) in [6, 6.07) is 18.4. The van der Waals surface area contributed by atoms with Crippen LogP contribution in [0.25, 0.3) is 22.3 Å². The topological polar surface area (TPSA) is 64.2 Å². The van der Waals surface area contributed by atoms with Gasteiger partial charge < -0.3 is 14.5 Å². The lowest BCUT2D eigenvalue weighted by Crippen LogP contribution is -2.09. The van der Waals surface area contributed by atoms with Crippen LogP contribution in [0.5, 0.6) is 11.5 Å². The molecule has 1 N–H and O–H groups in total. The number of nitrogens with zero attached hydrogens (tertiary/aromatic N) is 1. The van der Waals surface area contributed by atoms with Gasteiger partial charge in [0.15, 0.2) is 11.5 Å². The van der Waals surface area contributed by atoms with E-state index >= 15 is 0 Å². The van der Waals surface area contributed by atoms with Crippen molar-refractivity contribution in [1.82, 2.24) is 9.97 Å². The third-order valence-electron chi connectivity index (χ3n) is 4.53. The van der Waals surface area contributed by atoms with Gasteiger partial charge in [-0.05, 0) is 53.2 Å². The average molecular weight is 486 g/mol. The molecule has 1 aromatic heterocycles. The van der Waals surface area contributed by atoms with Crippen LogP contribution in [0.4, 0.5) is 0 Å². The Morgan fingerprint density at radius 3 is 2.63 bits per heavy atom. The number of hydrogen-bond donors (Lipinski definition) is 1. The number of ether oxygens (including phenoxy) is 2. The summed E-state index contributed by atoms with van der Waals surface area (Å²) in [6.07, 6.45) is 0. The number of rotatable bonds is 6.